The van der Waals surface area contributed by atoms with Crippen molar-refractivity contribution >= 4 is 5.91 Å². The summed E-state index contributed by atoms with van der Waals surface area (Å²) in [4.78, 5) is 12.1. The average molecular weight is 330 g/mol. The van der Waals surface area contributed by atoms with Gasteiger partial charge in [-0.2, -0.15) is 0 Å². The molecule has 0 saturated heterocycles. The van der Waals surface area contributed by atoms with E-state index < -0.39 is 0 Å². The van der Waals surface area contributed by atoms with Crippen LogP contribution in [0, 0.1) is 5.92 Å². The van der Waals surface area contributed by atoms with Gasteiger partial charge in [0.05, 0.1) is 5.69 Å². The molecular formula is C18H22N2O4. The Labute approximate surface area is 141 Å². The number of nitrogens with zero attached hydrogens (tertiary/aromatic N) is 1. The minimum atomic E-state index is -0.255. The number of hydrogen-bond acceptors (Lipinski definition) is 5. The van der Waals surface area contributed by atoms with E-state index in [9.17, 15) is 4.79 Å². The predicted molar refractivity (Wildman–Crippen MR) is 88.3 cm³/mol. The third kappa shape index (κ3) is 4.07. The van der Waals surface area contributed by atoms with Crippen LogP contribution in [0.25, 0.3) is 0 Å². The van der Waals surface area contributed by atoms with Crippen molar-refractivity contribution in [1.29, 1.82) is 0 Å². The van der Waals surface area contributed by atoms with E-state index in [-0.39, 0.29) is 17.8 Å². The quantitative estimate of drug-likeness (QED) is 0.881. The minimum Gasteiger partial charge on any atom is -0.486 e. The summed E-state index contributed by atoms with van der Waals surface area (Å²) in [6.07, 6.45) is 1.38. The molecular weight excluding hydrogens is 308 g/mol. The SMILES string of the molecule is CC(C)Cc1cc(C(=O)NCC[C@@H]2COc3ccccc3O2)on1. The molecule has 3 rings (SSSR count). The van der Waals surface area contributed by atoms with Crippen molar-refractivity contribution in [2.24, 2.45) is 5.92 Å². The third-order valence-corrected chi connectivity index (χ3v) is 3.72. The lowest BCUT2D eigenvalue weighted by Gasteiger charge is -2.26. The fraction of sp³-hybridized carbons (Fsp3) is 0.444. The molecule has 6 nitrogen and oxygen atoms in total. The van der Waals surface area contributed by atoms with Gasteiger partial charge in [0.25, 0.3) is 5.91 Å². The molecule has 2 heterocycles. The Bertz CT molecular complexity index is 696. The maximum absolute atomic E-state index is 12.1. The van der Waals surface area contributed by atoms with E-state index in [4.69, 9.17) is 14.0 Å². The lowest BCUT2D eigenvalue weighted by molar-refractivity contribution is 0.0801. The van der Waals surface area contributed by atoms with Crippen LogP contribution in [0.1, 0.15) is 36.5 Å². The number of nitrogens with one attached hydrogen (secondary N) is 1. The second-order valence-electron chi connectivity index (χ2n) is 6.32. The number of carbonyl (C=O) groups excluding carboxylic acids is 1. The van der Waals surface area contributed by atoms with Crippen LogP contribution in [0.4, 0.5) is 0 Å². The summed E-state index contributed by atoms with van der Waals surface area (Å²) in [7, 11) is 0. The zero-order valence-electron chi connectivity index (χ0n) is 14.0. The van der Waals surface area contributed by atoms with Crippen molar-refractivity contribution in [2.75, 3.05) is 13.2 Å². The van der Waals surface area contributed by atoms with Crippen LogP contribution >= 0.6 is 0 Å². The molecule has 1 N–H and O–H groups in total. The number of carbonyl (C=O) groups is 1. The second kappa shape index (κ2) is 7.38. The molecule has 2 aromatic rings. The second-order valence-corrected chi connectivity index (χ2v) is 6.32. The number of rotatable bonds is 6. The topological polar surface area (TPSA) is 73.6 Å². The van der Waals surface area contributed by atoms with Crippen molar-refractivity contribution in [2.45, 2.75) is 32.8 Å². The average Bonchev–Trinajstić information content (AvgIpc) is 3.02. The molecule has 6 heteroatoms. The van der Waals surface area contributed by atoms with Crippen molar-refractivity contribution in [3.05, 3.63) is 41.8 Å². The fourth-order valence-corrected chi connectivity index (χ4v) is 2.57. The van der Waals surface area contributed by atoms with Gasteiger partial charge >= 0.3 is 0 Å². The molecule has 0 spiro atoms. The van der Waals surface area contributed by atoms with E-state index in [1.54, 1.807) is 6.07 Å². The molecule has 0 fully saturated rings. The maximum atomic E-state index is 12.1. The summed E-state index contributed by atoms with van der Waals surface area (Å²) >= 11 is 0. The van der Waals surface area contributed by atoms with E-state index in [1.807, 2.05) is 24.3 Å². The lowest BCUT2D eigenvalue weighted by Crippen LogP contribution is -2.34. The molecule has 1 aliphatic heterocycles. The highest BCUT2D eigenvalue weighted by atomic mass is 16.6. The van der Waals surface area contributed by atoms with Crippen molar-refractivity contribution < 1.29 is 18.8 Å². The molecule has 24 heavy (non-hydrogen) atoms. The number of para-hydroxylation sites is 2. The molecule has 0 unspecified atom stereocenters. The molecule has 128 valence electrons. The summed E-state index contributed by atoms with van der Waals surface area (Å²) in [6, 6.07) is 9.28. The van der Waals surface area contributed by atoms with E-state index >= 15 is 0 Å². The fourth-order valence-electron chi connectivity index (χ4n) is 2.57. The van der Waals surface area contributed by atoms with Gasteiger partial charge in [0.1, 0.15) is 12.7 Å². The first-order valence-corrected chi connectivity index (χ1v) is 8.24. The smallest absolute Gasteiger partial charge is 0.289 e. The van der Waals surface area contributed by atoms with Gasteiger partial charge in [0.15, 0.2) is 11.5 Å². The van der Waals surface area contributed by atoms with Gasteiger partial charge < -0.3 is 19.3 Å². The van der Waals surface area contributed by atoms with Crippen LogP contribution in [0.2, 0.25) is 0 Å². The van der Waals surface area contributed by atoms with Crippen molar-refractivity contribution in [3.8, 4) is 11.5 Å². The van der Waals surface area contributed by atoms with Crippen LogP contribution in [0.5, 0.6) is 11.5 Å². The third-order valence-electron chi connectivity index (χ3n) is 3.72. The largest absolute Gasteiger partial charge is 0.486 e. The Morgan fingerprint density at radius 3 is 2.92 bits per heavy atom. The van der Waals surface area contributed by atoms with Gasteiger partial charge in [-0.05, 0) is 24.5 Å². The van der Waals surface area contributed by atoms with E-state index in [1.165, 1.54) is 0 Å². The molecule has 1 amide bonds. The highest BCUT2D eigenvalue weighted by Crippen LogP contribution is 2.31. The van der Waals surface area contributed by atoms with Crippen LogP contribution in [0.15, 0.2) is 34.9 Å². The van der Waals surface area contributed by atoms with Gasteiger partial charge in [-0.25, -0.2) is 0 Å². The summed E-state index contributed by atoms with van der Waals surface area (Å²) in [5, 5.41) is 6.75. The summed E-state index contributed by atoms with van der Waals surface area (Å²) < 4.78 is 16.6. The van der Waals surface area contributed by atoms with Gasteiger partial charge in [-0.1, -0.05) is 31.1 Å². The molecule has 0 radical (unpaired) electrons. The van der Waals surface area contributed by atoms with Gasteiger partial charge in [0.2, 0.25) is 5.76 Å². The lowest BCUT2D eigenvalue weighted by atomic mass is 10.1. The van der Waals surface area contributed by atoms with Crippen LogP contribution in [0.3, 0.4) is 0 Å². The Balaban J connectivity index is 1.45. The van der Waals surface area contributed by atoms with Gasteiger partial charge in [0, 0.05) is 19.0 Å². The summed E-state index contributed by atoms with van der Waals surface area (Å²) in [5.74, 6) is 1.97. The Hall–Kier alpha value is -2.50. The van der Waals surface area contributed by atoms with E-state index in [0.29, 0.717) is 25.5 Å². The number of amides is 1. The maximum Gasteiger partial charge on any atom is 0.289 e. The zero-order valence-corrected chi connectivity index (χ0v) is 14.0. The molecule has 1 aromatic carbocycles. The normalized spacial score (nSPS) is 16.2. The molecule has 1 aliphatic rings. The standard InChI is InChI=1S/C18H22N2O4/c1-12(2)9-13-10-17(24-20-13)18(21)19-8-7-14-11-22-15-5-3-4-6-16(15)23-14/h3-6,10,12,14H,7-9,11H2,1-2H3,(H,19,21)/t14-/m1/s1. The van der Waals surface area contributed by atoms with Gasteiger partial charge in [-0.15, -0.1) is 0 Å². The molecule has 1 aromatic heterocycles. The predicted octanol–water partition coefficient (Wildman–Crippen LogP) is 2.83. The Morgan fingerprint density at radius 1 is 1.33 bits per heavy atom. The number of fused-ring (bicyclic) bond motifs is 1. The molecule has 0 aliphatic carbocycles. The van der Waals surface area contributed by atoms with E-state index in [0.717, 1.165) is 23.6 Å². The summed E-state index contributed by atoms with van der Waals surface area (Å²) in [5.41, 5.74) is 0.802. The van der Waals surface area contributed by atoms with E-state index in [2.05, 4.69) is 24.3 Å². The number of aromatic nitrogens is 1. The molecule has 0 bridgehead atoms. The molecule has 1 atom stereocenters. The first kappa shape index (κ1) is 16.4. The van der Waals surface area contributed by atoms with Crippen molar-refractivity contribution in [3.63, 3.8) is 0 Å². The number of ether oxygens (including phenoxy) is 2. The minimum absolute atomic E-state index is 0.0774. The monoisotopic (exact) mass is 330 g/mol. The van der Waals surface area contributed by atoms with Crippen LogP contribution in [-0.2, 0) is 6.42 Å². The van der Waals surface area contributed by atoms with Crippen LogP contribution < -0.4 is 14.8 Å². The number of benzene rings is 1. The zero-order chi connectivity index (χ0) is 16.9. The van der Waals surface area contributed by atoms with Crippen molar-refractivity contribution in [1.82, 2.24) is 10.5 Å². The first-order chi connectivity index (χ1) is 11.6. The number of hydrogen-bond donors (Lipinski definition) is 1. The highest BCUT2D eigenvalue weighted by Gasteiger charge is 2.21. The first-order valence-electron chi connectivity index (χ1n) is 8.24. The Morgan fingerprint density at radius 2 is 2.12 bits per heavy atom. The highest BCUT2D eigenvalue weighted by molar-refractivity contribution is 5.91. The Kier molecular flexibility index (Phi) is 5.03. The molecule has 0 saturated carbocycles. The summed E-state index contributed by atoms with van der Waals surface area (Å²) in [6.45, 7) is 5.15. The van der Waals surface area contributed by atoms with Crippen LogP contribution in [-0.4, -0.2) is 30.3 Å². The van der Waals surface area contributed by atoms with Gasteiger partial charge in [-0.3, -0.25) is 4.79 Å².